The Morgan fingerprint density at radius 2 is 1.88 bits per heavy atom. The molecule has 0 aliphatic carbocycles. The first kappa shape index (κ1) is 18.3. The van der Waals surface area contributed by atoms with E-state index in [2.05, 4.69) is 0 Å². The summed E-state index contributed by atoms with van der Waals surface area (Å²) >= 11 is 0. The Bertz CT molecular complexity index is 811. The van der Waals surface area contributed by atoms with E-state index in [4.69, 9.17) is 4.74 Å². The number of anilines is 1. The zero-order chi connectivity index (χ0) is 18.6. The molecule has 0 radical (unpaired) electrons. The molecule has 0 heterocycles. The smallest absolute Gasteiger partial charge is 0.311 e. The van der Waals surface area contributed by atoms with Crippen molar-refractivity contribution in [3.05, 3.63) is 63.7 Å². The van der Waals surface area contributed by atoms with Crippen LogP contribution in [0.2, 0.25) is 0 Å². The average molecular weight is 350 g/mol. The summed E-state index contributed by atoms with van der Waals surface area (Å²) in [6, 6.07) is 6.93. The van der Waals surface area contributed by atoms with E-state index < -0.39 is 22.5 Å². The number of hydrogen-bond acceptors (Lipinski definition) is 4. The molecule has 6 nitrogen and oxygen atoms in total. The Labute approximate surface area is 142 Å². The molecule has 0 aliphatic rings. The van der Waals surface area contributed by atoms with Gasteiger partial charge in [0.2, 0.25) is 0 Å². The summed E-state index contributed by atoms with van der Waals surface area (Å²) in [5, 5.41) is 11.2. The SMILES string of the molecule is CCOc1ccc(C(=O)N(CC)c2ccc(F)c(F)c2)cc1[N+](=O)[O-]. The van der Waals surface area contributed by atoms with Crippen LogP contribution in [0.25, 0.3) is 0 Å². The maximum Gasteiger partial charge on any atom is 0.311 e. The third-order valence-corrected chi connectivity index (χ3v) is 3.48. The molecule has 0 saturated heterocycles. The van der Waals surface area contributed by atoms with Crippen molar-refractivity contribution >= 4 is 17.3 Å². The standard InChI is InChI=1S/C17H16F2N2O4/c1-3-20(12-6-7-13(18)14(19)10-12)17(22)11-5-8-16(25-4-2)15(9-11)21(23)24/h5-10H,3-4H2,1-2H3. The molecule has 1 amide bonds. The third-order valence-electron chi connectivity index (χ3n) is 3.48. The second-order valence-electron chi connectivity index (χ2n) is 5.02. The predicted octanol–water partition coefficient (Wildman–Crippen LogP) is 3.94. The van der Waals surface area contributed by atoms with Crippen LogP contribution >= 0.6 is 0 Å². The van der Waals surface area contributed by atoms with Crippen LogP contribution in [0.5, 0.6) is 5.75 Å². The van der Waals surface area contributed by atoms with E-state index in [1.807, 2.05) is 0 Å². The number of nitro groups is 1. The fraction of sp³-hybridized carbons (Fsp3) is 0.235. The maximum atomic E-state index is 13.4. The van der Waals surface area contributed by atoms with Gasteiger partial charge in [-0.05, 0) is 38.1 Å². The van der Waals surface area contributed by atoms with Crippen molar-refractivity contribution in [2.45, 2.75) is 13.8 Å². The Morgan fingerprint density at radius 3 is 2.44 bits per heavy atom. The molecule has 2 rings (SSSR count). The lowest BCUT2D eigenvalue weighted by atomic mass is 10.1. The lowest BCUT2D eigenvalue weighted by molar-refractivity contribution is -0.385. The quantitative estimate of drug-likeness (QED) is 0.584. The molecule has 0 bridgehead atoms. The number of nitro benzene ring substituents is 1. The Kier molecular flexibility index (Phi) is 5.63. The van der Waals surface area contributed by atoms with Crippen molar-refractivity contribution in [2.24, 2.45) is 0 Å². The fourth-order valence-electron chi connectivity index (χ4n) is 2.32. The van der Waals surface area contributed by atoms with Crippen LogP contribution in [0.1, 0.15) is 24.2 Å². The van der Waals surface area contributed by atoms with Gasteiger partial charge in [-0.25, -0.2) is 8.78 Å². The van der Waals surface area contributed by atoms with Gasteiger partial charge in [0.25, 0.3) is 5.91 Å². The lowest BCUT2D eigenvalue weighted by Gasteiger charge is -2.21. The summed E-state index contributed by atoms with van der Waals surface area (Å²) in [4.78, 5) is 24.4. The van der Waals surface area contributed by atoms with Gasteiger partial charge in [-0.1, -0.05) is 0 Å². The number of carbonyl (C=O) groups excluding carboxylic acids is 1. The van der Waals surface area contributed by atoms with Crippen molar-refractivity contribution in [2.75, 3.05) is 18.1 Å². The summed E-state index contributed by atoms with van der Waals surface area (Å²) in [5.41, 5.74) is -0.140. The highest BCUT2D eigenvalue weighted by atomic mass is 19.2. The Balaban J connectivity index is 2.41. The summed E-state index contributed by atoms with van der Waals surface area (Å²) in [5.74, 6) is -2.62. The Morgan fingerprint density at radius 1 is 1.16 bits per heavy atom. The fourth-order valence-corrected chi connectivity index (χ4v) is 2.32. The van der Waals surface area contributed by atoms with Gasteiger partial charge < -0.3 is 9.64 Å². The van der Waals surface area contributed by atoms with Gasteiger partial charge in [0.15, 0.2) is 17.4 Å². The second kappa shape index (κ2) is 7.69. The minimum Gasteiger partial charge on any atom is -0.487 e. The molecule has 2 aromatic carbocycles. The zero-order valence-electron chi connectivity index (χ0n) is 13.7. The van der Waals surface area contributed by atoms with Gasteiger partial charge in [-0.2, -0.15) is 0 Å². The first-order chi connectivity index (χ1) is 11.9. The minimum absolute atomic E-state index is 0.0433. The maximum absolute atomic E-state index is 13.4. The first-order valence-electron chi connectivity index (χ1n) is 7.57. The van der Waals surface area contributed by atoms with Crippen LogP contribution in [-0.2, 0) is 0 Å². The van der Waals surface area contributed by atoms with E-state index in [1.54, 1.807) is 13.8 Å². The highest BCUT2D eigenvalue weighted by Crippen LogP contribution is 2.29. The van der Waals surface area contributed by atoms with Crippen molar-refractivity contribution < 1.29 is 23.2 Å². The van der Waals surface area contributed by atoms with E-state index in [-0.39, 0.29) is 35.8 Å². The monoisotopic (exact) mass is 350 g/mol. The van der Waals surface area contributed by atoms with Crippen molar-refractivity contribution in [3.8, 4) is 5.75 Å². The molecule has 0 spiro atoms. The van der Waals surface area contributed by atoms with Gasteiger partial charge in [0.05, 0.1) is 11.5 Å². The lowest BCUT2D eigenvalue weighted by Crippen LogP contribution is -2.30. The van der Waals surface area contributed by atoms with Gasteiger partial charge in [-0.3, -0.25) is 14.9 Å². The highest BCUT2D eigenvalue weighted by Gasteiger charge is 2.22. The van der Waals surface area contributed by atoms with Crippen LogP contribution in [0.4, 0.5) is 20.2 Å². The predicted molar refractivity (Wildman–Crippen MR) is 88.0 cm³/mol. The van der Waals surface area contributed by atoms with Gasteiger partial charge in [0.1, 0.15) is 0 Å². The number of rotatable bonds is 6. The van der Waals surface area contributed by atoms with E-state index in [9.17, 15) is 23.7 Å². The first-order valence-corrected chi connectivity index (χ1v) is 7.57. The molecular formula is C17H16F2N2O4. The molecule has 0 N–H and O–H groups in total. The summed E-state index contributed by atoms with van der Waals surface area (Å²) in [7, 11) is 0. The minimum atomic E-state index is -1.08. The summed E-state index contributed by atoms with van der Waals surface area (Å²) in [6.45, 7) is 3.75. The molecule has 25 heavy (non-hydrogen) atoms. The molecule has 132 valence electrons. The number of carbonyl (C=O) groups is 1. The molecule has 2 aromatic rings. The van der Waals surface area contributed by atoms with E-state index >= 15 is 0 Å². The van der Waals surface area contributed by atoms with Crippen LogP contribution < -0.4 is 9.64 Å². The third kappa shape index (κ3) is 3.90. The number of amides is 1. The number of hydrogen-bond donors (Lipinski definition) is 0. The van der Waals surface area contributed by atoms with Gasteiger partial charge in [-0.15, -0.1) is 0 Å². The van der Waals surface area contributed by atoms with E-state index in [0.717, 1.165) is 18.2 Å². The molecule has 0 aliphatic heterocycles. The average Bonchev–Trinajstić information content (AvgIpc) is 2.59. The molecule has 8 heteroatoms. The van der Waals surface area contributed by atoms with Crippen molar-refractivity contribution in [3.63, 3.8) is 0 Å². The summed E-state index contributed by atoms with van der Waals surface area (Å²) in [6.07, 6.45) is 0. The van der Waals surface area contributed by atoms with E-state index in [1.165, 1.54) is 23.1 Å². The molecule has 0 fully saturated rings. The number of nitrogens with zero attached hydrogens (tertiary/aromatic N) is 2. The largest absolute Gasteiger partial charge is 0.487 e. The van der Waals surface area contributed by atoms with Crippen LogP contribution in [0.15, 0.2) is 36.4 Å². The van der Waals surface area contributed by atoms with Crippen LogP contribution in [0.3, 0.4) is 0 Å². The zero-order valence-corrected chi connectivity index (χ0v) is 13.7. The number of ether oxygens (including phenoxy) is 1. The van der Waals surface area contributed by atoms with Crippen molar-refractivity contribution in [1.29, 1.82) is 0 Å². The second-order valence-corrected chi connectivity index (χ2v) is 5.02. The molecular weight excluding hydrogens is 334 g/mol. The Hall–Kier alpha value is -3.03. The summed E-state index contributed by atoms with van der Waals surface area (Å²) < 4.78 is 31.7. The molecule has 0 aromatic heterocycles. The molecule has 0 unspecified atom stereocenters. The topological polar surface area (TPSA) is 72.7 Å². The number of benzene rings is 2. The molecule has 0 atom stereocenters. The van der Waals surface area contributed by atoms with E-state index in [0.29, 0.717) is 0 Å². The van der Waals surface area contributed by atoms with Crippen LogP contribution in [-0.4, -0.2) is 24.0 Å². The molecule has 0 saturated carbocycles. The number of halogens is 2. The normalized spacial score (nSPS) is 10.4. The van der Waals surface area contributed by atoms with Crippen molar-refractivity contribution in [1.82, 2.24) is 0 Å². The highest BCUT2D eigenvalue weighted by molar-refractivity contribution is 6.06. The van der Waals surface area contributed by atoms with Crippen LogP contribution in [0, 0.1) is 21.7 Å². The van der Waals surface area contributed by atoms with Gasteiger partial charge >= 0.3 is 5.69 Å². The van der Waals surface area contributed by atoms with Gasteiger partial charge in [0, 0.05) is 29.9 Å².